The maximum atomic E-state index is 11.9. The number of nitrogens with zero attached hydrogens (tertiary/aromatic N) is 1. The predicted octanol–water partition coefficient (Wildman–Crippen LogP) is 4.73. The molecule has 0 amide bonds. The van der Waals surface area contributed by atoms with Crippen molar-refractivity contribution in [1.29, 1.82) is 0 Å². The molecule has 1 aliphatic carbocycles. The molecule has 2 aromatic rings. The summed E-state index contributed by atoms with van der Waals surface area (Å²) >= 11 is 6.57. The molecular formula is C25H33ClN2O2. The Hall–Kier alpha value is -1.59. The van der Waals surface area contributed by atoms with E-state index in [1.165, 1.54) is 6.42 Å². The molecule has 0 spiro atoms. The van der Waals surface area contributed by atoms with E-state index in [9.17, 15) is 5.11 Å². The Kier molecular flexibility index (Phi) is 6.69. The maximum Gasteiger partial charge on any atom is 0.138 e. The Morgan fingerprint density at radius 3 is 2.70 bits per heavy atom. The van der Waals surface area contributed by atoms with Gasteiger partial charge in [0.25, 0.3) is 0 Å². The molecule has 2 fully saturated rings. The first kappa shape index (κ1) is 21.6. The second-order valence-corrected chi connectivity index (χ2v) is 9.39. The lowest BCUT2D eigenvalue weighted by Gasteiger charge is -2.48. The lowest BCUT2D eigenvalue weighted by Crippen LogP contribution is -2.57. The van der Waals surface area contributed by atoms with Crippen molar-refractivity contribution >= 4 is 11.6 Å². The number of aliphatic hydroxyl groups is 1. The third-order valence-corrected chi connectivity index (χ3v) is 7.32. The topological polar surface area (TPSA) is 58.7 Å². The van der Waals surface area contributed by atoms with Gasteiger partial charge in [-0.15, -0.1) is 0 Å². The SMILES string of the molecule is CC(c1ccc(OCc2ccccc2)c(Cl)c1)C1(O)CCCCC1N1CC[C@H](N)C1. The molecule has 0 bridgehead atoms. The summed E-state index contributed by atoms with van der Waals surface area (Å²) < 4.78 is 5.93. The molecule has 5 heteroatoms. The van der Waals surface area contributed by atoms with Crippen LogP contribution in [0, 0.1) is 0 Å². The quantitative estimate of drug-likeness (QED) is 0.698. The normalized spacial score (nSPS) is 28.4. The van der Waals surface area contributed by atoms with Gasteiger partial charge in [-0.1, -0.05) is 67.8 Å². The summed E-state index contributed by atoms with van der Waals surface area (Å²) in [6.45, 7) is 4.47. The van der Waals surface area contributed by atoms with Crippen LogP contribution in [0.5, 0.6) is 5.75 Å². The summed E-state index contributed by atoms with van der Waals surface area (Å²) in [4.78, 5) is 2.42. The molecule has 1 heterocycles. The lowest BCUT2D eigenvalue weighted by atomic mass is 9.70. The van der Waals surface area contributed by atoms with Crippen LogP contribution in [-0.4, -0.2) is 40.8 Å². The first-order chi connectivity index (χ1) is 14.5. The van der Waals surface area contributed by atoms with Crippen molar-refractivity contribution in [1.82, 2.24) is 4.90 Å². The summed E-state index contributed by atoms with van der Waals surface area (Å²) in [6.07, 6.45) is 5.08. The Morgan fingerprint density at radius 2 is 2.00 bits per heavy atom. The number of ether oxygens (including phenoxy) is 1. The van der Waals surface area contributed by atoms with Crippen LogP contribution in [-0.2, 0) is 6.61 Å². The highest BCUT2D eigenvalue weighted by atomic mass is 35.5. The summed E-state index contributed by atoms with van der Waals surface area (Å²) in [5, 5.41) is 12.4. The first-order valence-corrected chi connectivity index (χ1v) is 11.5. The van der Waals surface area contributed by atoms with Crippen LogP contribution in [0.4, 0.5) is 0 Å². The highest BCUT2D eigenvalue weighted by Crippen LogP contribution is 2.44. The summed E-state index contributed by atoms with van der Waals surface area (Å²) in [5.41, 5.74) is 7.56. The summed E-state index contributed by atoms with van der Waals surface area (Å²) in [5.74, 6) is 0.662. The van der Waals surface area contributed by atoms with Crippen molar-refractivity contribution in [3.8, 4) is 5.75 Å². The zero-order valence-corrected chi connectivity index (χ0v) is 18.5. The van der Waals surface area contributed by atoms with Gasteiger partial charge >= 0.3 is 0 Å². The van der Waals surface area contributed by atoms with Crippen molar-refractivity contribution in [3.63, 3.8) is 0 Å². The van der Waals surface area contributed by atoms with Gasteiger partial charge in [0, 0.05) is 31.1 Å². The molecule has 2 aliphatic rings. The monoisotopic (exact) mass is 428 g/mol. The van der Waals surface area contributed by atoms with Crippen molar-refractivity contribution in [2.45, 2.75) is 69.2 Å². The Morgan fingerprint density at radius 1 is 1.20 bits per heavy atom. The number of hydrogen-bond acceptors (Lipinski definition) is 4. The minimum absolute atomic E-state index is 0.0136. The lowest BCUT2D eigenvalue weighted by molar-refractivity contribution is -0.0838. The maximum absolute atomic E-state index is 11.9. The molecule has 4 rings (SSSR count). The van der Waals surface area contributed by atoms with Crippen molar-refractivity contribution in [2.75, 3.05) is 13.1 Å². The molecule has 4 atom stereocenters. The third kappa shape index (κ3) is 4.52. The van der Waals surface area contributed by atoms with E-state index in [0.29, 0.717) is 17.4 Å². The Bertz CT molecular complexity index is 846. The minimum atomic E-state index is -0.766. The molecule has 4 nitrogen and oxygen atoms in total. The van der Waals surface area contributed by atoms with E-state index in [-0.39, 0.29) is 18.0 Å². The zero-order chi connectivity index (χ0) is 21.1. The number of rotatable bonds is 6. The number of hydrogen-bond donors (Lipinski definition) is 2. The van der Waals surface area contributed by atoms with Gasteiger partial charge in [-0.2, -0.15) is 0 Å². The first-order valence-electron chi connectivity index (χ1n) is 11.2. The zero-order valence-electron chi connectivity index (χ0n) is 17.8. The molecule has 162 valence electrons. The third-order valence-electron chi connectivity index (χ3n) is 7.02. The standard InChI is InChI=1S/C25H33ClN2O2/c1-18(25(29)13-6-5-9-24(25)28-14-12-21(27)16-28)20-10-11-23(22(26)15-20)30-17-19-7-3-2-4-8-19/h2-4,7-8,10-11,15,18,21,24,29H,5-6,9,12-14,16-17,27H2,1H3/t18?,21-,24?,25?/m0/s1. The minimum Gasteiger partial charge on any atom is -0.487 e. The van der Waals surface area contributed by atoms with Crippen LogP contribution in [0.15, 0.2) is 48.5 Å². The second kappa shape index (κ2) is 9.27. The Balaban J connectivity index is 1.50. The fourth-order valence-corrected chi connectivity index (χ4v) is 5.44. The number of benzene rings is 2. The van der Waals surface area contributed by atoms with Crippen LogP contribution in [0.2, 0.25) is 5.02 Å². The van der Waals surface area contributed by atoms with E-state index >= 15 is 0 Å². The van der Waals surface area contributed by atoms with Crippen molar-refractivity contribution < 1.29 is 9.84 Å². The average molecular weight is 429 g/mol. The van der Waals surface area contributed by atoms with Gasteiger partial charge in [0.05, 0.1) is 10.6 Å². The van der Waals surface area contributed by atoms with Gasteiger partial charge in [-0.05, 0) is 42.5 Å². The van der Waals surface area contributed by atoms with Crippen LogP contribution in [0.3, 0.4) is 0 Å². The van der Waals surface area contributed by atoms with Crippen LogP contribution in [0.1, 0.15) is 56.1 Å². The summed E-state index contributed by atoms with van der Waals surface area (Å²) in [7, 11) is 0. The summed E-state index contributed by atoms with van der Waals surface area (Å²) in [6, 6.07) is 16.4. The van der Waals surface area contributed by atoms with E-state index in [0.717, 1.165) is 49.9 Å². The van der Waals surface area contributed by atoms with Gasteiger partial charge in [0.1, 0.15) is 12.4 Å². The highest BCUT2D eigenvalue weighted by Gasteiger charge is 2.47. The molecule has 3 unspecified atom stereocenters. The van der Waals surface area contributed by atoms with Gasteiger partial charge in [-0.25, -0.2) is 0 Å². The van der Waals surface area contributed by atoms with E-state index < -0.39 is 5.60 Å². The van der Waals surface area contributed by atoms with Gasteiger partial charge in [0.15, 0.2) is 0 Å². The fraction of sp³-hybridized carbons (Fsp3) is 0.520. The highest BCUT2D eigenvalue weighted by molar-refractivity contribution is 6.32. The molecule has 3 N–H and O–H groups in total. The van der Waals surface area contributed by atoms with Crippen LogP contribution < -0.4 is 10.5 Å². The second-order valence-electron chi connectivity index (χ2n) is 8.98. The van der Waals surface area contributed by atoms with Crippen molar-refractivity contribution in [3.05, 3.63) is 64.7 Å². The molecule has 1 aliphatic heterocycles. The van der Waals surface area contributed by atoms with Crippen LogP contribution in [0.25, 0.3) is 0 Å². The van der Waals surface area contributed by atoms with E-state index in [1.54, 1.807) is 0 Å². The van der Waals surface area contributed by atoms with Gasteiger partial charge < -0.3 is 15.6 Å². The van der Waals surface area contributed by atoms with Gasteiger partial charge in [-0.3, -0.25) is 4.90 Å². The molecular weight excluding hydrogens is 396 g/mol. The van der Waals surface area contributed by atoms with E-state index in [1.807, 2.05) is 42.5 Å². The number of likely N-dealkylation sites (tertiary alicyclic amines) is 1. The Labute approximate surface area is 185 Å². The molecule has 30 heavy (non-hydrogen) atoms. The van der Waals surface area contributed by atoms with Crippen molar-refractivity contribution in [2.24, 2.45) is 5.73 Å². The van der Waals surface area contributed by atoms with E-state index in [4.69, 9.17) is 22.1 Å². The van der Waals surface area contributed by atoms with Gasteiger partial charge in [0.2, 0.25) is 0 Å². The fourth-order valence-electron chi connectivity index (χ4n) is 5.19. The smallest absolute Gasteiger partial charge is 0.138 e. The molecule has 0 aromatic heterocycles. The average Bonchev–Trinajstić information content (AvgIpc) is 3.19. The molecule has 1 saturated heterocycles. The number of halogens is 1. The predicted molar refractivity (Wildman–Crippen MR) is 122 cm³/mol. The number of nitrogens with two attached hydrogens (primary N) is 1. The van der Waals surface area contributed by atoms with E-state index in [2.05, 4.69) is 17.9 Å². The molecule has 1 saturated carbocycles. The van der Waals surface area contributed by atoms with Crippen LogP contribution >= 0.6 is 11.6 Å². The molecule has 2 aromatic carbocycles. The molecule has 0 radical (unpaired) electrons. The largest absolute Gasteiger partial charge is 0.487 e.